The molecule has 0 unspecified atom stereocenters. The van der Waals surface area contributed by atoms with Crippen LogP contribution in [-0.2, 0) is 38.1 Å². The number of ether oxygens (including phenoxy) is 1. The van der Waals surface area contributed by atoms with Gasteiger partial charge in [0.1, 0.15) is 0 Å². The number of halogens is 1. The van der Waals surface area contributed by atoms with Gasteiger partial charge in [-0.1, -0.05) is 54.1 Å². The lowest BCUT2D eigenvalue weighted by Crippen LogP contribution is -2.35. The molecule has 0 N–H and O–H groups in total. The van der Waals surface area contributed by atoms with Crippen molar-refractivity contribution in [1.29, 1.82) is 0 Å². The quantitative estimate of drug-likeness (QED) is 0.389. The van der Waals surface area contributed by atoms with E-state index in [0.29, 0.717) is 29.4 Å². The minimum absolute atomic E-state index is 0.0142. The van der Waals surface area contributed by atoms with Crippen LogP contribution in [0.4, 0.5) is 0 Å². The van der Waals surface area contributed by atoms with Gasteiger partial charge in [-0.2, -0.15) is 0 Å². The summed E-state index contributed by atoms with van der Waals surface area (Å²) in [6.45, 7) is 4.78. The van der Waals surface area contributed by atoms with Crippen molar-refractivity contribution in [2.24, 2.45) is 0 Å². The molecule has 1 amide bonds. The van der Waals surface area contributed by atoms with E-state index < -0.39 is 9.84 Å². The standard InChI is InChI=1S/C25H30ClN3O4S/c1-19(2)29-23(16-27-25(29)34(31,32)18-21-10-7-11-22(26)14-21)17-28(12-13-33-3)24(30)15-20-8-5-4-6-9-20/h4-11,14,16,19H,12-13,15,17-18H2,1-3H3. The number of methoxy groups -OCH3 is 1. The summed E-state index contributed by atoms with van der Waals surface area (Å²) in [7, 11) is -2.16. The Bertz CT molecular complexity index is 1210. The molecule has 182 valence electrons. The number of rotatable bonds is 11. The zero-order valence-corrected chi connectivity index (χ0v) is 21.2. The van der Waals surface area contributed by atoms with Gasteiger partial charge in [-0.15, -0.1) is 0 Å². The molecule has 9 heteroatoms. The molecule has 3 aromatic rings. The number of amides is 1. The zero-order chi connectivity index (χ0) is 24.7. The number of hydrogen-bond donors (Lipinski definition) is 0. The summed E-state index contributed by atoms with van der Waals surface area (Å²) in [6.07, 6.45) is 1.79. The monoisotopic (exact) mass is 503 g/mol. The molecule has 0 saturated carbocycles. The van der Waals surface area contributed by atoms with Crippen LogP contribution in [-0.4, -0.2) is 49.0 Å². The molecular weight excluding hydrogens is 474 g/mol. The van der Waals surface area contributed by atoms with Gasteiger partial charge in [0.05, 0.1) is 37.2 Å². The highest BCUT2D eigenvalue weighted by atomic mass is 35.5. The highest BCUT2D eigenvalue weighted by Gasteiger charge is 2.27. The van der Waals surface area contributed by atoms with E-state index in [0.717, 1.165) is 5.56 Å². The van der Waals surface area contributed by atoms with Crippen molar-refractivity contribution in [3.8, 4) is 0 Å². The van der Waals surface area contributed by atoms with Crippen molar-refractivity contribution in [2.75, 3.05) is 20.3 Å². The van der Waals surface area contributed by atoms with Crippen LogP contribution in [0.2, 0.25) is 5.02 Å². The fourth-order valence-corrected chi connectivity index (χ4v) is 5.56. The molecule has 0 bridgehead atoms. The first-order valence-electron chi connectivity index (χ1n) is 11.0. The van der Waals surface area contributed by atoms with E-state index in [9.17, 15) is 13.2 Å². The third-order valence-corrected chi connectivity index (χ3v) is 7.16. The SMILES string of the molecule is COCCN(Cc1cnc(S(=O)(=O)Cc2cccc(Cl)c2)n1C(C)C)C(=O)Cc1ccccc1. The number of nitrogens with zero attached hydrogens (tertiary/aromatic N) is 3. The third-order valence-electron chi connectivity index (χ3n) is 5.35. The smallest absolute Gasteiger partial charge is 0.228 e. The third kappa shape index (κ3) is 6.68. The molecule has 7 nitrogen and oxygen atoms in total. The van der Waals surface area contributed by atoms with Crippen molar-refractivity contribution in [2.45, 2.75) is 43.8 Å². The summed E-state index contributed by atoms with van der Waals surface area (Å²) in [5.41, 5.74) is 2.15. The van der Waals surface area contributed by atoms with Crippen LogP contribution in [0.25, 0.3) is 0 Å². The highest BCUT2D eigenvalue weighted by Crippen LogP contribution is 2.24. The van der Waals surface area contributed by atoms with Crippen LogP contribution in [0.3, 0.4) is 0 Å². The maximum absolute atomic E-state index is 13.3. The van der Waals surface area contributed by atoms with E-state index in [1.165, 1.54) is 0 Å². The van der Waals surface area contributed by atoms with Gasteiger partial charge in [0.25, 0.3) is 0 Å². The molecule has 0 aliphatic rings. The highest BCUT2D eigenvalue weighted by molar-refractivity contribution is 7.90. The number of aromatic nitrogens is 2. The Hall–Kier alpha value is -2.68. The summed E-state index contributed by atoms with van der Waals surface area (Å²) in [5.74, 6) is -0.278. The predicted molar refractivity (Wildman–Crippen MR) is 132 cm³/mol. The Kier molecular flexibility index (Phi) is 8.88. The van der Waals surface area contributed by atoms with Gasteiger partial charge >= 0.3 is 0 Å². The molecule has 3 rings (SSSR count). The second-order valence-corrected chi connectivity index (χ2v) is 10.7. The van der Waals surface area contributed by atoms with Gasteiger partial charge in [0, 0.05) is 24.7 Å². The minimum Gasteiger partial charge on any atom is -0.383 e. The van der Waals surface area contributed by atoms with E-state index in [4.69, 9.17) is 16.3 Å². The molecular formula is C25H30ClN3O4S. The van der Waals surface area contributed by atoms with Crippen molar-refractivity contribution < 1.29 is 17.9 Å². The summed E-state index contributed by atoms with van der Waals surface area (Å²) < 4.78 is 33.4. The topological polar surface area (TPSA) is 81.5 Å². The average Bonchev–Trinajstić information content (AvgIpc) is 3.22. The molecule has 0 spiro atoms. The lowest BCUT2D eigenvalue weighted by atomic mass is 10.1. The maximum Gasteiger partial charge on any atom is 0.228 e. The number of carbonyl (C=O) groups excluding carboxylic acids is 1. The number of benzene rings is 2. The number of carbonyl (C=O) groups is 1. The van der Waals surface area contributed by atoms with E-state index in [-0.39, 0.29) is 35.8 Å². The first-order valence-corrected chi connectivity index (χ1v) is 13.1. The summed E-state index contributed by atoms with van der Waals surface area (Å²) in [4.78, 5) is 19.0. The van der Waals surface area contributed by atoms with Gasteiger partial charge in [-0.25, -0.2) is 13.4 Å². The predicted octanol–water partition coefficient (Wildman–Crippen LogP) is 4.31. The molecule has 1 heterocycles. The van der Waals surface area contributed by atoms with Crippen LogP contribution in [0.5, 0.6) is 0 Å². The van der Waals surface area contributed by atoms with E-state index >= 15 is 0 Å². The van der Waals surface area contributed by atoms with Crippen LogP contribution < -0.4 is 0 Å². The van der Waals surface area contributed by atoms with Gasteiger partial charge in [0.2, 0.25) is 20.9 Å². The van der Waals surface area contributed by atoms with Crippen molar-refractivity contribution >= 4 is 27.3 Å². The van der Waals surface area contributed by atoms with Crippen molar-refractivity contribution in [3.05, 3.63) is 82.6 Å². The zero-order valence-electron chi connectivity index (χ0n) is 19.6. The summed E-state index contributed by atoms with van der Waals surface area (Å²) >= 11 is 6.03. The molecule has 0 fully saturated rings. The first-order chi connectivity index (χ1) is 16.2. The summed E-state index contributed by atoms with van der Waals surface area (Å²) in [6, 6.07) is 16.1. The molecule has 1 aromatic heterocycles. The largest absolute Gasteiger partial charge is 0.383 e. The Morgan fingerprint density at radius 3 is 2.47 bits per heavy atom. The Morgan fingerprint density at radius 1 is 1.12 bits per heavy atom. The van der Waals surface area contributed by atoms with Gasteiger partial charge in [-0.05, 0) is 37.1 Å². The Morgan fingerprint density at radius 2 is 1.82 bits per heavy atom. The van der Waals surface area contributed by atoms with E-state index in [1.54, 1.807) is 47.0 Å². The summed E-state index contributed by atoms with van der Waals surface area (Å²) in [5, 5.41) is 0.464. The molecule has 2 aromatic carbocycles. The number of imidazole rings is 1. The van der Waals surface area contributed by atoms with Crippen LogP contribution in [0.1, 0.15) is 36.7 Å². The van der Waals surface area contributed by atoms with Gasteiger partial charge in [-0.3, -0.25) is 4.79 Å². The van der Waals surface area contributed by atoms with Crippen molar-refractivity contribution in [1.82, 2.24) is 14.5 Å². The van der Waals surface area contributed by atoms with E-state index in [2.05, 4.69) is 4.98 Å². The molecule has 34 heavy (non-hydrogen) atoms. The number of sulfone groups is 1. The van der Waals surface area contributed by atoms with Crippen LogP contribution in [0.15, 0.2) is 66.0 Å². The molecule has 0 atom stereocenters. The fraction of sp³-hybridized carbons (Fsp3) is 0.360. The van der Waals surface area contributed by atoms with E-state index in [1.807, 2.05) is 44.2 Å². The molecule has 0 saturated heterocycles. The Labute approximate surface area is 206 Å². The molecule has 0 radical (unpaired) electrons. The van der Waals surface area contributed by atoms with Crippen molar-refractivity contribution in [3.63, 3.8) is 0 Å². The van der Waals surface area contributed by atoms with Crippen LogP contribution in [0, 0.1) is 0 Å². The Balaban J connectivity index is 1.88. The average molecular weight is 504 g/mol. The lowest BCUT2D eigenvalue weighted by Gasteiger charge is -2.24. The first kappa shape index (κ1) is 25.9. The molecule has 0 aliphatic carbocycles. The lowest BCUT2D eigenvalue weighted by molar-refractivity contribution is -0.131. The van der Waals surface area contributed by atoms with Crippen LogP contribution >= 0.6 is 11.6 Å². The normalized spacial score (nSPS) is 11.7. The van der Waals surface area contributed by atoms with Gasteiger partial charge in [0.15, 0.2) is 0 Å². The number of hydrogen-bond acceptors (Lipinski definition) is 5. The minimum atomic E-state index is -3.74. The maximum atomic E-state index is 13.3. The fourth-order valence-electron chi connectivity index (χ4n) is 3.76. The van der Waals surface area contributed by atoms with Gasteiger partial charge < -0.3 is 14.2 Å². The molecule has 0 aliphatic heterocycles. The second kappa shape index (κ2) is 11.6. The second-order valence-electron chi connectivity index (χ2n) is 8.36.